The van der Waals surface area contributed by atoms with Gasteiger partial charge in [0, 0.05) is 12.1 Å². The second-order valence-corrected chi connectivity index (χ2v) is 5.40. The van der Waals surface area contributed by atoms with Crippen LogP contribution in [0.2, 0.25) is 0 Å². The Kier molecular flexibility index (Phi) is 5.52. The number of nitrogens with one attached hydrogen (secondary N) is 1. The number of ether oxygens (including phenoxy) is 1. The van der Waals surface area contributed by atoms with Crippen molar-refractivity contribution in [2.75, 3.05) is 6.54 Å². The van der Waals surface area contributed by atoms with Crippen molar-refractivity contribution in [1.29, 1.82) is 0 Å². The molecule has 4 amide bonds. The third-order valence-electron chi connectivity index (χ3n) is 3.62. The summed E-state index contributed by atoms with van der Waals surface area (Å²) >= 11 is 0. The number of hydrogen-bond acceptors (Lipinski definition) is 4. The minimum Gasteiger partial charge on any atom is -0.490 e. The number of imide groups is 2. The number of carbonyl (C=O) groups excluding carboxylic acids is 3. The first-order chi connectivity index (χ1) is 11.5. The van der Waals surface area contributed by atoms with Gasteiger partial charge in [0.2, 0.25) is 0 Å². The zero-order valence-electron chi connectivity index (χ0n) is 13.7. The molecule has 1 heterocycles. The van der Waals surface area contributed by atoms with Crippen LogP contribution in [0.15, 0.2) is 42.5 Å². The van der Waals surface area contributed by atoms with Gasteiger partial charge < -0.3 is 4.74 Å². The van der Waals surface area contributed by atoms with E-state index in [-0.39, 0.29) is 18.2 Å². The Morgan fingerprint density at radius 3 is 2.67 bits per heavy atom. The van der Waals surface area contributed by atoms with E-state index in [1.54, 1.807) is 18.2 Å². The number of carbonyl (C=O) groups is 3. The first kappa shape index (κ1) is 17.5. The van der Waals surface area contributed by atoms with Crippen molar-refractivity contribution in [3.05, 3.63) is 48.1 Å². The topological polar surface area (TPSA) is 75.7 Å². The molecule has 1 N–H and O–H groups in total. The number of para-hydroxylation sites is 1. The molecule has 0 spiro atoms. The van der Waals surface area contributed by atoms with Crippen LogP contribution >= 0.6 is 0 Å². The van der Waals surface area contributed by atoms with E-state index in [1.807, 2.05) is 19.9 Å². The number of barbiturate groups is 1. The number of hydrogen-bond donors (Lipinski definition) is 1. The Morgan fingerprint density at radius 1 is 1.29 bits per heavy atom. The molecule has 1 aliphatic heterocycles. The summed E-state index contributed by atoms with van der Waals surface area (Å²) in [4.78, 5) is 37.1. The van der Waals surface area contributed by atoms with Gasteiger partial charge in [0.05, 0.1) is 6.10 Å². The number of urea groups is 1. The zero-order valence-corrected chi connectivity index (χ0v) is 13.7. The molecule has 126 valence electrons. The highest BCUT2D eigenvalue weighted by molar-refractivity contribution is 6.31. The normalized spacial score (nSPS) is 17.7. The lowest BCUT2D eigenvalue weighted by Crippen LogP contribution is -2.54. The van der Waals surface area contributed by atoms with Crippen LogP contribution in [0, 0.1) is 0 Å². The molecule has 0 aromatic heterocycles. The average molecular weight is 328 g/mol. The van der Waals surface area contributed by atoms with Gasteiger partial charge in [-0.2, -0.15) is 0 Å². The molecule has 1 aliphatic rings. The summed E-state index contributed by atoms with van der Waals surface area (Å²) in [7, 11) is 0. The van der Waals surface area contributed by atoms with Crippen LogP contribution in [0.5, 0.6) is 5.75 Å². The molecule has 6 heteroatoms. The van der Waals surface area contributed by atoms with Gasteiger partial charge in [-0.3, -0.25) is 19.8 Å². The lowest BCUT2D eigenvalue weighted by atomic mass is 10.1. The molecule has 0 aliphatic carbocycles. The highest BCUT2D eigenvalue weighted by Crippen LogP contribution is 2.24. The minimum atomic E-state index is -0.744. The van der Waals surface area contributed by atoms with Crippen LogP contribution in [-0.4, -0.2) is 35.4 Å². The summed E-state index contributed by atoms with van der Waals surface area (Å²) in [6, 6.07) is 6.38. The van der Waals surface area contributed by atoms with E-state index in [2.05, 4.69) is 11.9 Å². The lowest BCUT2D eigenvalue weighted by Gasteiger charge is -2.25. The summed E-state index contributed by atoms with van der Waals surface area (Å²) in [5.74, 6) is -0.794. The maximum absolute atomic E-state index is 12.4. The van der Waals surface area contributed by atoms with E-state index in [0.29, 0.717) is 11.3 Å². The Labute approximate surface area is 140 Å². The molecular formula is C18H20N2O4. The molecule has 0 saturated carbocycles. The number of rotatable bonds is 6. The van der Waals surface area contributed by atoms with E-state index in [0.717, 1.165) is 11.3 Å². The number of nitrogens with zero attached hydrogens (tertiary/aromatic N) is 1. The maximum atomic E-state index is 12.4. The third-order valence-corrected chi connectivity index (χ3v) is 3.62. The van der Waals surface area contributed by atoms with Gasteiger partial charge >= 0.3 is 6.03 Å². The fourth-order valence-electron chi connectivity index (χ4n) is 2.15. The Balaban J connectivity index is 2.39. The molecule has 0 bridgehead atoms. The monoisotopic (exact) mass is 328 g/mol. The van der Waals surface area contributed by atoms with E-state index in [4.69, 9.17) is 4.74 Å². The van der Waals surface area contributed by atoms with Gasteiger partial charge in [0.1, 0.15) is 11.3 Å². The predicted octanol–water partition coefficient (Wildman–Crippen LogP) is 2.51. The standard InChI is InChI=1S/C18H20N2O4/c1-4-10-20-17(22)14(16(21)19-18(20)23)11-13-8-6-7-9-15(13)24-12(3)5-2/h4,6-9,11-12H,1,5,10H2,2-3H3,(H,19,21,23)/b14-11-/t12-/m1/s1. The van der Waals surface area contributed by atoms with Gasteiger partial charge in [-0.1, -0.05) is 31.2 Å². The molecule has 24 heavy (non-hydrogen) atoms. The zero-order chi connectivity index (χ0) is 17.7. The molecule has 1 aromatic rings. The Bertz CT molecular complexity index is 709. The van der Waals surface area contributed by atoms with Crippen molar-refractivity contribution in [2.45, 2.75) is 26.4 Å². The van der Waals surface area contributed by atoms with Crippen molar-refractivity contribution < 1.29 is 19.1 Å². The highest BCUT2D eigenvalue weighted by Gasteiger charge is 2.35. The van der Waals surface area contributed by atoms with Crippen LogP contribution in [0.25, 0.3) is 6.08 Å². The predicted molar refractivity (Wildman–Crippen MR) is 90.2 cm³/mol. The number of amides is 4. The van der Waals surface area contributed by atoms with E-state index >= 15 is 0 Å². The lowest BCUT2D eigenvalue weighted by molar-refractivity contribution is -0.129. The van der Waals surface area contributed by atoms with Gasteiger partial charge in [-0.05, 0) is 25.5 Å². The molecule has 1 atom stereocenters. The minimum absolute atomic E-state index is 0.000670. The summed E-state index contributed by atoms with van der Waals surface area (Å²) in [6.07, 6.45) is 3.69. The maximum Gasteiger partial charge on any atom is 0.331 e. The van der Waals surface area contributed by atoms with Crippen LogP contribution in [0.4, 0.5) is 4.79 Å². The Morgan fingerprint density at radius 2 is 2.00 bits per heavy atom. The molecule has 1 saturated heterocycles. The quantitative estimate of drug-likeness (QED) is 0.494. The average Bonchev–Trinajstić information content (AvgIpc) is 2.56. The molecule has 1 aromatic carbocycles. The van der Waals surface area contributed by atoms with Gasteiger partial charge in [-0.15, -0.1) is 6.58 Å². The highest BCUT2D eigenvalue weighted by atomic mass is 16.5. The van der Waals surface area contributed by atoms with Crippen molar-refractivity contribution >= 4 is 23.9 Å². The largest absolute Gasteiger partial charge is 0.490 e. The van der Waals surface area contributed by atoms with E-state index < -0.39 is 17.8 Å². The van der Waals surface area contributed by atoms with E-state index in [9.17, 15) is 14.4 Å². The van der Waals surface area contributed by atoms with Gasteiger partial charge in [-0.25, -0.2) is 4.79 Å². The van der Waals surface area contributed by atoms with Crippen LogP contribution in [-0.2, 0) is 9.59 Å². The summed E-state index contributed by atoms with van der Waals surface area (Å²) in [5.41, 5.74) is 0.487. The first-order valence-corrected chi connectivity index (χ1v) is 7.73. The summed E-state index contributed by atoms with van der Waals surface area (Å²) in [5, 5.41) is 2.16. The molecule has 1 fully saturated rings. The van der Waals surface area contributed by atoms with Crippen molar-refractivity contribution in [1.82, 2.24) is 10.2 Å². The van der Waals surface area contributed by atoms with Gasteiger partial charge in [0.25, 0.3) is 11.8 Å². The fraction of sp³-hybridized carbons (Fsp3) is 0.278. The summed E-state index contributed by atoms with van der Waals surface area (Å²) < 4.78 is 5.82. The van der Waals surface area contributed by atoms with Gasteiger partial charge in [0.15, 0.2) is 0 Å². The fourth-order valence-corrected chi connectivity index (χ4v) is 2.15. The van der Waals surface area contributed by atoms with Crippen LogP contribution < -0.4 is 10.1 Å². The Hall–Kier alpha value is -2.89. The second-order valence-electron chi connectivity index (χ2n) is 5.40. The molecular weight excluding hydrogens is 308 g/mol. The van der Waals surface area contributed by atoms with Crippen molar-refractivity contribution in [3.63, 3.8) is 0 Å². The van der Waals surface area contributed by atoms with Crippen molar-refractivity contribution in [2.24, 2.45) is 0 Å². The molecule has 0 radical (unpaired) electrons. The second kappa shape index (κ2) is 7.59. The smallest absolute Gasteiger partial charge is 0.331 e. The number of benzene rings is 1. The van der Waals surface area contributed by atoms with Crippen molar-refractivity contribution in [3.8, 4) is 5.75 Å². The van der Waals surface area contributed by atoms with Crippen LogP contribution in [0.1, 0.15) is 25.8 Å². The first-order valence-electron chi connectivity index (χ1n) is 7.73. The molecule has 6 nitrogen and oxygen atoms in total. The summed E-state index contributed by atoms with van der Waals surface area (Å²) in [6.45, 7) is 7.48. The molecule has 2 rings (SSSR count). The third kappa shape index (κ3) is 3.71. The van der Waals surface area contributed by atoms with E-state index in [1.165, 1.54) is 12.2 Å². The van der Waals surface area contributed by atoms with Crippen LogP contribution in [0.3, 0.4) is 0 Å². The SMILES string of the molecule is C=CCN1C(=O)NC(=O)/C(=C/c2ccccc2O[C@H](C)CC)C1=O. The molecule has 0 unspecified atom stereocenters.